The van der Waals surface area contributed by atoms with Gasteiger partial charge in [-0.2, -0.15) is 0 Å². The zero-order valence-electron chi connectivity index (χ0n) is 20.3. The Hall–Kier alpha value is -2.63. The van der Waals surface area contributed by atoms with E-state index >= 15 is 0 Å². The Morgan fingerprint density at radius 3 is 2.78 bits per heavy atom. The van der Waals surface area contributed by atoms with E-state index in [0.717, 1.165) is 36.3 Å². The smallest absolute Gasteiger partial charge is 0.361 e. The van der Waals surface area contributed by atoms with Crippen molar-refractivity contribution in [3.8, 4) is 0 Å². The Morgan fingerprint density at radius 1 is 1.25 bits per heavy atom. The maximum absolute atomic E-state index is 13.1. The van der Waals surface area contributed by atoms with Crippen molar-refractivity contribution >= 4 is 33.3 Å². The monoisotopic (exact) mass is 523 g/mol. The SMILES string of the molecule is CCCCC(Cc1c[nH]c2ccccc12)NC(=O)c1cnc(N2CCN(CCOC(F)(F)F)CC2)s1. The number of para-hydroxylation sites is 1. The van der Waals surface area contributed by atoms with Gasteiger partial charge < -0.3 is 15.2 Å². The molecule has 0 spiro atoms. The number of thiazole rings is 1. The van der Waals surface area contributed by atoms with Gasteiger partial charge in [0.2, 0.25) is 0 Å². The highest BCUT2D eigenvalue weighted by atomic mass is 32.1. The lowest BCUT2D eigenvalue weighted by Gasteiger charge is -2.34. The number of carbonyl (C=O) groups is 1. The van der Waals surface area contributed by atoms with Crippen LogP contribution >= 0.6 is 11.3 Å². The van der Waals surface area contributed by atoms with E-state index in [2.05, 4.69) is 37.9 Å². The highest BCUT2D eigenvalue weighted by Crippen LogP contribution is 2.25. The molecule has 0 bridgehead atoms. The fourth-order valence-electron chi connectivity index (χ4n) is 4.47. The Bertz CT molecular complexity index is 1120. The maximum atomic E-state index is 13.1. The number of nitrogens with zero attached hydrogens (tertiary/aromatic N) is 3. The lowest BCUT2D eigenvalue weighted by molar-refractivity contribution is -0.325. The van der Waals surface area contributed by atoms with Gasteiger partial charge in [-0.3, -0.25) is 14.4 Å². The molecule has 0 radical (unpaired) electrons. The second kappa shape index (κ2) is 12.1. The Labute approximate surface area is 212 Å². The second-order valence-electron chi connectivity index (χ2n) is 9.01. The normalized spacial score (nSPS) is 15.9. The van der Waals surface area contributed by atoms with Crippen molar-refractivity contribution in [3.05, 3.63) is 47.1 Å². The first-order valence-corrected chi connectivity index (χ1v) is 13.1. The molecular formula is C25H32F3N5O2S. The van der Waals surface area contributed by atoms with Gasteiger partial charge in [-0.25, -0.2) is 4.98 Å². The van der Waals surface area contributed by atoms with Crippen LogP contribution in [0, 0.1) is 0 Å². The zero-order chi connectivity index (χ0) is 25.5. The molecule has 36 heavy (non-hydrogen) atoms. The molecule has 1 aromatic carbocycles. The number of aromatic nitrogens is 2. The second-order valence-corrected chi connectivity index (χ2v) is 10.0. The van der Waals surface area contributed by atoms with Crippen LogP contribution < -0.4 is 10.2 Å². The summed E-state index contributed by atoms with van der Waals surface area (Å²) < 4.78 is 40.4. The summed E-state index contributed by atoms with van der Waals surface area (Å²) in [6.07, 6.45) is 2.77. The molecule has 1 atom stereocenters. The summed E-state index contributed by atoms with van der Waals surface area (Å²) in [6, 6.07) is 8.19. The van der Waals surface area contributed by atoms with Crippen LogP contribution in [0.25, 0.3) is 10.9 Å². The molecule has 1 fully saturated rings. The fourth-order valence-corrected chi connectivity index (χ4v) is 5.34. The summed E-state index contributed by atoms with van der Waals surface area (Å²) in [7, 11) is 0. The minimum atomic E-state index is -4.59. The highest BCUT2D eigenvalue weighted by Gasteiger charge is 2.29. The number of fused-ring (bicyclic) bond motifs is 1. The quantitative estimate of drug-likeness (QED) is 0.377. The molecule has 1 aliphatic rings. The number of nitrogens with one attached hydrogen (secondary N) is 2. The maximum Gasteiger partial charge on any atom is 0.522 e. The number of aromatic amines is 1. The van der Waals surface area contributed by atoms with Crippen molar-refractivity contribution < 1.29 is 22.7 Å². The first kappa shape index (κ1) is 26.4. The number of benzene rings is 1. The first-order valence-electron chi connectivity index (χ1n) is 12.3. The predicted molar refractivity (Wildman–Crippen MR) is 136 cm³/mol. The van der Waals surface area contributed by atoms with Gasteiger partial charge in [-0.1, -0.05) is 49.3 Å². The summed E-state index contributed by atoms with van der Waals surface area (Å²) in [5.74, 6) is -0.123. The van der Waals surface area contributed by atoms with Crippen molar-refractivity contribution in [2.75, 3.05) is 44.2 Å². The number of ether oxygens (including phenoxy) is 1. The number of amides is 1. The van der Waals surface area contributed by atoms with Gasteiger partial charge in [0.1, 0.15) is 4.88 Å². The molecule has 1 saturated heterocycles. The molecule has 1 unspecified atom stereocenters. The topological polar surface area (TPSA) is 73.5 Å². The first-order chi connectivity index (χ1) is 17.3. The van der Waals surface area contributed by atoms with Crippen LogP contribution in [0.15, 0.2) is 36.7 Å². The molecule has 1 amide bonds. The number of H-pyrrole nitrogens is 1. The molecule has 0 saturated carbocycles. The summed E-state index contributed by atoms with van der Waals surface area (Å²) in [5, 5.41) is 5.15. The number of halogens is 3. The van der Waals surface area contributed by atoms with Crippen LogP contribution in [0.2, 0.25) is 0 Å². The molecule has 4 rings (SSSR count). The fraction of sp³-hybridized carbons (Fsp3) is 0.520. The molecule has 2 N–H and O–H groups in total. The molecule has 2 aromatic heterocycles. The van der Waals surface area contributed by atoms with Crippen LogP contribution in [-0.4, -0.2) is 72.5 Å². The Balaban J connectivity index is 1.31. The third-order valence-electron chi connectivity index (χ3n) is 6.42. The highest BCUT2D eigenvalue weighted by molar-refractivity contribution is 7.17. The molecule has 7 nitrogen and oxygen atoms in total. The van der Waals surface area contributed by atoms with Gasteiger partial charge in [-0.15, -0.1) is 13.2 Å². The third kappa shape index (κ3) is 7.21. The number of carbonyl (C=O) groups excluding carboxylic acids is 1. The van der Waals surface area contributed by atoms with Crippen LogP contribution in [0.3, 0.4) is 0 Å². The number of hydrogen-bond acceptors (Lipinski definition) is 6. The van der Waals surface area contributed by atoms with Gasteiger partial charge in [0.15, 0.2) is 5.13 Å². The van der Waals surface area contributed by atoms with Gasteiger partial charge in [0, 0.05) is 55.9 Å². The number of alkyl halides is 3. The standard InChI is InChI=1S/C25H32F3N5O2S/c1-2-3-6-19(15-18-16-29-21-8-5-4-7-20(18)21)31-23(34)22-17-30-24(36-22)33-11-9-32(10-12-33)13-14-35-25(26,27)28/h4-5,7-8,16-17,19,29H,2-3,6,9-15H2,1H3,(H,31,34). The molecule has 196 valence electrons. The molecular weight excluding hydrogens is 491 g/mol. The number of hydrogen-bond donors (Lipinski definition) is 2. The van der Waals surface area contributed by atoms with Crippen molar-refractivity contribution in [2.45, 2.75) is 45.0 Å². The van der Waals surface area contributed by atoms with Crippen molar-refractivity contribution in [1.29, 1.82) is 0 Å². The summed E-state index contributed by atoms with van der Waals surface area (Å²) in [5.41, 5.74) is 2.28. The van der Waals surface area contributed by atoms with E-state index in [1.54, 1.807) is 6.20 Å². The number of anilines is 1. The average molecular weight is 524 g/mol. The van der Waals surface area contributed by atoms with Crippen LogP contribution in [0.4, 0.5) is 18.3 Å². The Morgan fingerprint density at radius 2 is 2.03 bits per heavy atom. The minimum Gasteiger partial charge on any atom is -0.361 e. The van der Waals surface area contributed by atoms with Gasteiger partial charge in [0.05, 0.1) is 12.8 Å². The van der Waals surface area contributed by atoms with Crippen LogP contribution in [0.1, 0.15) is 41.4 Å². The van der Waals surface area contributed by atoms with E-state index in [1.807, 2.05) is 29.3 Å². The summed E-state index contributed by atoms with van der Waals surface area (Å²) in [6.45, 7) is 4.51. The van der Waals surface area contributed by atoms with E-state index in [-0.39, 0.29) is 25.1 Å². The largest absolute Gasteiger partial charge is 0.522 e. The number of unbranched alkanes of at least 4 members (excludes halogenated alkanes) is 1. The van der Waals surface area contributed by atoms with E-state index in [0.29, 0.717) is 31.1 Å². The van der Waals surface area contributed by atoms with E-state index < -0.39 is 6.36 Å². The molecule has 0 aliphatic carbocycles. The van der Waals surface area contributed by atoms with Gasteiger partial charge in [0.25, 0.3) is 5.91 Å². The lowest BCUT2D eigenvalue weighted by atomic mass is 10.0. The number of piperazine rings is 1. The summed E-state index contributed by atoms with van der Waals surface area (Å²) >= 11 is 1.35. The molecule has 11 heteroatoms. The summed E-state index contributed by atoms with van der Waals surface area (Å²) in [4.78, 5) is 25.4. The van der Waals surface area contributed by atoms with Gasteiger partial charge in [-0.05, 0) is 24.5 Å². The van der Waals surface area contributed by atoms with E-state index in [9.17, 15) is 18.0 Å². The predicted octanol–water partition coefficient (Wildman–Crippen LogP) is 4.81. The van der Waals surface area contributed by atoms with E-state index in [1.165, 1.54) is 22.3 Å². The van der Waals surface area contributed by atoms with Crippen molar-refractivity contribution in [3.63, 3.8) is 0 Å². The Kier molecular flexibility index (Phi) is 8.86. The van der Waals surface area contributed by atoms with Crippen molar-refractivity contribution in [1.82, 2.24) is 20.2 Å². The minimum absolute atomic E-state index is 0.0182. The zero-order valence-corrected chi connectivity index (χ0v) is 21.1. The van der Waals surface area contributed by atoms with Crippen LogP contribution in [0.5, 0.6) is 0 Å². The molecule has 3 heterocycles. The van der Waals surface area contributed by atoms with E-state index in [4.69, 9.17) is 0 Å². The van der Waals surface area contributed by atoms with Crippen molar-refractivity contribution in [2.24, 2.45) is 0 Å². The van der Waals surface area contributed by atoms with Crippen LogP contribution in [-0.2, 0) is 11.2 Å². The third-order valence-corrected chi connectivity index (χ3v) is 7.47. The number of rotatable bonds is 11. The molecule has 3 aromatic rings. The van der Waals surface area contributed by atoms with Gasteiger partial charge >= 0.3 is 6.36 Å². The molecule has 1 aliphatic heterocycles. The lowest BCUT2D eigenvalue weighted by Crippen LogP contribution is -2.47. The average Bonchev–Trinajstić information content (AvgIpc) is 3.50.